The molecule has 0 amide bonds. The number of para-hydroxylation sites is 1. The molecule has 5 heteroatoms. The monoisotopic (exact) mass is 298 g/mol. The summed E-state index contributed by atoms with van der Waals surface area (Å²) in [6.45, 7) is 0.458. The topological polar surface area (TPSA) is 74.5 Å². The zero-order valence-corrected chi connectivity index (χ0v) is 12.5. The number of aromatic hydroxyl groups is 1. The smallest absolute Gasteiger partial charge is 0.165 e. The molecule has 0 saturated heterocycles. The molecule has 0 spiro atoms. The number of phenolic OH excluding ortho intramolecular Hbond substituents is 1. The Kier molecular flexibility index (Phi) is 5.23. The molecule has 2 aromatic rings. The minimum atomic E-state index is -0.475. The molecular formula is C17H18N2O3. The van der Waals surface area contributed by atoms with Crippen molar-refractivity contribution in [2.45, 2.75) is 12.6 Å². The van der Waals surface area contributed by atoms with Crippen LogP contribution in [0.2, 0.25) is 0 Å². The predicted molar refractivity (Wildman–Crippen MR) is 82.8 cm³/mol. The number of rotatable bonds is 6. The van der Waals surface area contributed by atoms with Gasteiger partial charge in [0.1, 0.15) is 11.8 Å². The maximum Gasteiger partial charge on any atom is 0.165 e. The summed E-state index contributed by atoms with van der Waals surface area (Å²) in [5.41, 5.74) is 1.70. The summed E-state index contributed by atoms with van der Waals surface area (Å²) in [5.74, 6) is 1.48. The van der Waals surface area contributed by atoms with E-state index in [0.29, 0.717) is 18.0 Å². The van der Waals surface area contributed by atoms with Gasteiger partial charge in [0.15, 0.2) is 11.5 Å². The Bertz CT molecular complexity index is 663. The second kappa shape index (κ2) is 7.34. The first-order valence-corrected chi connectivity index (χ1v) is 6.81. The zero-order valence-electron chi connectivity index (χ0n) is 12.5. The summed E-state index contributed by atoms with van der Waals surface area (Å²) in [6.07, 6.45) is 0. The fourth-order valence-corrected chi connectivity index (χ4v) is 2.21. The lowest BCUT2D eigenvalue weighted by Crippen LogP contribution is -2.19. The van der Waals surface area contributed by atoms with Crippen molar-refractivity contribution in [1.29, 1.82) is 5.26 Å². The number of methoxy groups -OCH3 is 2. The molecule has 2 aromatic carbocycles. The second-order valence-corrected chi connectivity index (χ2v) is 4.69. The third-order valence-corrected chi connectivity index (χ3v) is 3.34. The van der Waals surface area contributed by atoms with Crippen LogP contribution < -0.4 is 14.8 Å². The van der Waals surface area contributed by atoms with Gasteiger partial charge in [0.25, 0.3) is 0 Å². The molecule has 0 aliphatic carbocycles. The van der Waals surface area contributed by atoms with Crippen molar-refractivity contribution in [2.24, 2.45) is 0 Å². The van der Waals surface area contributed by atoms with Gasteiger partial charge in [-0.15, -0.1) is 0 Å². The van der Waals surface area contributed by atoms with Crippen LogP contribution >= 0.6 is 0 Å². The van der Waals surface area contributed by atoms with Gasteiger partial charge in [-0.05, 0) is 23.8 Å². The minimum absolute atomic E-state index is 0.176. The summed E-state index contributed by atoms with van der Waals surface area (Å²) in [7, 11) is 3.17. The highest BCUT2D eigenvalue weighted by molar-refractivity contribution is 5.46. The van der Waals surface area contributed by atoms with E-state index in [2.05, 4.69) is 11.4 Å². The summed E-state index contributed by atoms with van der Waals surface area (Å²) < 4.78 is 10.6. The number of hydrogen-bond donors (Lipinski definition) is 2. The van der Waals surface area contributed by atoms with E-state index in [0.717, 1.165) is 11.1 Å². The second-order valence-electron chi connectivity index (χ2n) is 4.69. The Morgan fingerprint density at radius 3 is 2.45 bits per heavy atom. The standard InChI is InChI=1S/C17H18N2O3/c1-21-16-5-3-4-13(17(16)22-2)11-19-15(10-18)12-6-8-14(20)9-7-12/h3-9,15,19-20H,11H2,1-2H3. The highest BCUT2D eigenvalue weighted by Crippen LogP contribution is 2.31. The Morgan fingerprint density at radius 2 is 1.86 bits per heavy atom. The fourth-order valence-electron chi connectivity index (χ4n) is 2.21. The van der Waals surface area contributed by atoms with E-state index in [1.165, 1.54) is 0 Å². The molecular weight excluding hydrogens is 280 g/mol. The van der Waals surface area contributed by atoms with Crippen LogP contribution in [-0.2, 0) is 6.54 Å². The molecule has 0 saturated carbocycles. The molecule has 5 nitrogen and oxygen atoms in total. The maximum atomic E-state index is 9.32. The number of ether oxygens (including phenoxy) is 2. The molecule has 1 atom stereocenters. The molecule has 0 radical (unpaired) electrons. The molecule has 0 heterocycles. The highest BCUT2D eigenvalue weighted by atomic mass is 16.5. The van der Waals surface area contributed by atoms with Gasteiger partial charge in [-0.25, -0.2) is 0 Å². The normalized spacial score (nSPS) is 11.5. The van der Waals surface area contributed by atoms with Gasteiger partial charge in [-0.3, -0.25) is 5.32 Å². The van der Waals surface area contributed by atoms with Crippen LogP contribution in [0.4, 0.5) is 0 Å². The third-order valence-electron chi connectivity index (χ3n) is 3.34. The zero-order chi connectivity index (χ0) is 15.9. The van der Waals surface area contributed by atoms with Crippen molar-refractivity contribution in [2.75, 3.05) is 14.2 Å². The van der Waals surface area contributed by atoms with E-state index in [9.17, 15) is 10.4 Å². The first kappa shape index (κ1) is 15.7. The Balaban J connectivity index is 2.14. The lowest BCUT2D eigenvalue weighted by Gasteiger charge is -2.15. The molecule has 22 heavy (non-hydrogen) atoms. The molecule has 0 bridgehead atoms. The van der Waals surface area contributed by atoms with E-state index in [1.54, 1.807) is 38.5 Å². The molecule has 0 fully saturated rings. The van der Waals surface area contributed by atoms with E-state index >= 15 is 0 Å². The van der Waals surface area contributed by atoms with Gasteiger partial charge in [-0.2, -0.15) is 5.26 Å². The van der Waals surface area contributed by atoms with Crippen LogP contribution in [0.5, 0.6) is 17.2 Å². The highest BCUT2D eigenvalue weighted by Gasteiger charge is 2.13. The van der Waals surface area contributed by atoms with E-state index in [4.69, 9.17) is 9.47 Å². The molecule has 0 aliphatic heterocycles. The number of hydrogen-bond acceptors (Lipinski definition) is 5. The molecule has 1 unspecified atom stereocenters. The summed E-state index contributed by atoms with van der Waals surface area (Å²) in [5, 5.41) is 21.8. The predicted octanol–water partition coefficient (Wildman–Crippen LogP) is 2.76. The van der Waals surface area contributed by atoms with Crippen LogP contribution in [0.3, 0.4) is 0 Å². The number of phenols is 1. The van der Waals surface area contributed by atoms with Gasteiger partial charge in [0, 0.05) is 12.1 Å². The molecule has 0 aliphatic rings. The Labute approximate surface area is 129 Å². The van der Waals surface area contributed by atoms with Crippen molar-refractivity contribution in [3.8, 4) is 23.3 Å². The van der Waals surface area contributed by atoms with Crippen LogP contribution in [0.15, 0.2) is 42.5 Å². The van der Waals surface area contributed by atoms with Crippen LogP contribution in [0.25, 0.3) is 0 Å². The van der Waals surface area contributed by atoms with E-state index in [-0.39, 0.29) is 5.75 Å². The molecule has 114 valence electrons. The van der Waals surface area contributed by atoms with Crippen LogP contribution in [0, 0.1) is 11.3 Å². The first-order valence-electron chi connectivity index (χ1n) is 6.81. The minimum Gasteiger partial charge on any atom is -0.508 e. The Morgan fingerprint density at radius 1 is 1.14 bits per heavy atom. The summed E-state index contributed by atoms with van der Waals surface area (Å²) in [6, 6.07) is 13.9. The first-order chi connectivity index (χ1) is 10.7. The summed E-state index contributed by atoms with van der Waals surface area (Å²) in [4.78, 5) is 0. The van der Waals surface area contributed by atoms with Crippen molar-refractivity contribution in [3.05, 3.63) is 53.6 Å². The molecule has 2 N–H and O–H groups in total. The molecule has 2 rings (SSSR count). The van der Waals surface area contributed by atoms with Gasteiger partial charge in [0.2, 0.25) is 0 Å². The van der Waals surface area contributed by atoms with Crippen LogP contribution in [-0.4, -0.2) is 19.3 Å². The third kappa shape index (κ3) is 3.48. The number of nitriles is 1. The van der Waals surface area contributed by atoms with E-state index < -0.39 is 6.04 Å². The fraction of sp³-hybridized carbons (Fsp3) is 0.235. The largest absolute Gasteiger partial charge is 0.508 e. The number of nitrogens with zero attached hydrogens (tertiary/aromatic N) is 1. The van der Waals surface area contributed by atoms with Crippen molar-refractivity contribution in [3.63, 3.8) is 0 Å². The maximum absolute atomic E-state index is 9.32. The van der Waals surface area contributed by atoms with Gasteiger partial charge in [-0.1, -0.05) is 24.3 Å². The number of nitrogens with one attached hydrogen (secondary N) is 1. The van der Waals surface area contributed by atoms with Gasteiger partial charge < -0.3 is 14.6 Å². The average Bonchev–Trinajstić information content (AvgIpc) is 2.56. The van der Waals surface area contributed by atoms with E-state index in [1.807, 2.05) is 18.2 Å². The number of benzene rings is 2. The molecule has 0 aromatic heterocycles. The SMILES string of the molecule is COc1cccc(CNC(C#N)c2ccc(O)cc2)c1OC. The lowest BCUT2D eigenvalue weighted by atomic mass is 10.1. The van der Waals surface area contributed by atoms with Gasteiger partial charge in [0.05, 0.1) is 20.3 Å². The average molecular weight is 298 g/mol. The van der Waals surface area contributed by atoms with Crippen LogP contribution in [0.1, 0.15) is 17.2 Å². The summed E-state index contributed by atoms with van der Waals surface area (Å²) >= 11 is 0. The van der Waals surface area contributed by atoms with Crippen molar-refractivity contribution in [1.82, 2.24) is 5.32 Å². The Hall–Kier alpha value is -2.71. The van der Waals surface area contributed by atoms with Crippen molar-refractivity contribution < 1.29 is 14.6 Å². The van der Waals surface area contributed by atoms with Gasteiger partial charge >= 0.3 is 0 Å². The lowest BCUT2D eigenvalue weighted by molar-refractivity contribution is 0.350. The van der Waals surface area contributed by atoms with Crippen molar-refractivity contribution >= 4 is 0 Å². The quantitative estimate of drug-likeness (QED) is 0.857.